The molecule has 2 rings (SSSR count). The lowest BCUT2D eigenvalue weighted by Crippen LogP contribution is -2.23. The van der Waals surface area contributed by atoms with Gasteiger partial charge < -0.3 is 5.32 Å². The number of halogens is 1. The minimum Gasteiger partial charge on any atom is -0.314 e. The largest absolute Gasteiger partial charge is 0.314 e. The van der Waals surface area contributed by atoms with Crippen molar-refractivity contribution in [2.75, 3.05) is 6.54 Å². The molecule has 78 valence electrons. The van der Waals surface area contributed by atoms with Crippen LogP contribution in [-0.2, 0) is 6.42 Å². The lowest BCUT2D eigenvalue weighted by atomic mass is 10.00. The molecule has 1 heterocycles. The zero-order chi connectivity index (χ0) is 10.7. The van der Waals surface area contributed by atoms with Crippen molar-refractivity contribution < 1.29 is 0 Å². The lowest BCUT2D eigenvalue weighted by molar-refractivity contribution is 0.602. The van der Waals surface area contributed by atoms with Crippen molar-refractivity contribution >= 4 is 11.6 Å². The standard InChI is InChI=1S/C12H13ClN2/c13-11-4-3-9(10(6-11)8-14)7-12-2-1-5-15-12/h3-4,6,12,15H,1-2,5,7H2. The molecule has 0 bridgehead atoms. The van der Waals surface area contributed by atoms with Crippen molar-refractivity contribution in [3.8, 4) is 6.07 Å². The van der Waals surface area contributed by atoms with Crippen LogP contribution in [0, 0.1) is 11.3 Å². The third-order valence-corrected chi connectivity index (χ3v) is 3.06. The quantitative estimate of drug-likeness (QED) is 0.832. The number of rotatable bonds is 2. The van der Waals surface area contributed by atoms with Crippen LogP contribution in [0.3, 0.4) is 0 Å². The Labute approximate surface area is 94.9 Å². The van der Waals surface area contributed by atoms with E-state index in [-0.39, 0.29) is 0 Å². The first-order valence-electron chi connectivity index (χ1n) is 5.21. The van der Waals surface area contributed by atoms with Crippen LogP contribution in [0.2, 0.25) is 5.02 Å². The van der Waals surface area contributed by atoms with Crippen LogP contribution in [0.15, 0.2) is 18.2 Å². The Morgan fingerprint density at radius 2 is 2.40 bits per heavy atom. The average molecular weight is 221 g/mol. The highest BCUT2D eigenvalue weighted by molar-refractivity contribution is 6.30. The maximum absolute atomic E-state index is 8.99. The summed E-state index contributed by atoms with van der Waals surface area (Å²) in [5, 5.41) is 13.1. The van der Waals surface area contributed by atoms with E-state index >= 15 is 0 Å². The second-order valence-corrected chi connectivity index (χ2v) is 4.35. The number of hydrogen-bond donors (Lipinski definition) is 1. The van der Waals surface area contributed by atoms with Gasteiger partial charge in [-0.15, -0.1) is 0 Å². The Bertz CT molecular complexity index is 389. The molecular formula is C12H13ClN2. The molecule has 0 radical (unpaired) electrons. The van der Waals surface area contributed by atoms with E-state index in [0.29, 0.717) is 16.6 Å². The highest BCUT2D eigenvalue weighted by Crippen LogP contribution is 2.19. The fourth-order valence-electron chi connectivity index (χ4n) is 2.03. The molecule has 1 aliphatic heterocycles. The van der Waals surface area contributed by atoms with Crippen molar-refractivity contribution in [1.29, 1.82) is 5.26 Å². The summed E-state index contributed by atoms with van der Waals surface area (Å²) in [7, 11) is 0. The number of nitriles is 1. The summed E-state index contributed by atoms with van der Waals surface area (Å²) in [5.41, 5.74) is 1.80. The highest BCUT2D eigenvalue weighted by atomic mass is 35.5. The number of benzene rings is 1. The maximum atomic E-state index is 8.99. The molecule has 1 aromatic rings. The highest BCUT2D eigenvalue weighted by Gasteiger charge is 2.16. The Kier molecular flexibility index (Phi) is 3.25. The first kappa shape index (κ1) is 10.5. The Morgan fingerprint density at radius 1 is 1.53 bits per heavy atom. The summed E-state index contributed by atoms with van der Waals surface area (Å²) in [6, 6.07) is 8.28. The van der Waals surface area contributed by atoms with Crippen LogP contribution in [0.4, 0.5) is 0 Å². The van der Waals surface area contributed by atoms with E-state index in [1.54, 1.807) is 6.07 Å². The molecule has 1 N–H and O–H groups in total. The average Bonchev–Trinajstić information content (AvgIpc) is 2.73. The number of hydrogen-bond acceptors (Lipinski definition) is 2. The van der Waals surface area contributed by atoms with Gasteiger partial charge >= 0.3 is 0 Å². The van der Waals surface area contributed by atoms with Crippen LogP contribution in [0.5, 0.6) is 0 Å². The van der Waals surface area contributed by atoms with Crippen LogP contribution in [0.25, 0.3) is 0 Å². The molecule has 3 heteroatoms. The van der Waals surface area contributed by atoms with Gasteiger partial charge in [0.25, 0.3) is 0 Å². The monoisotopic (exact) mass is 220 g/mol. The minimum atomic E-state index is 0.526. The summed E-state index contributed by atoms with van der Waals surface area (Å²) in [5.74, 6) is 0. The van der Waals surface area contributed by atoms with Gasteiger partial charge in [0.2, 0.25) is 0 Å². The fourth-order valence-corrected chi connectivity index (χ4v) is 2.20. The Morgan fingerprint density at radius 3 is 3.07 bits per heavy atom. The van der Waals surface area contributed by atoms with Crippen molar-refractivity contribution in [2.45, 2.75) is 25.3 Å². The summed E-state index contributed by atoms with van der Waals surface area (Å²) in [6.07, 6.45) is 3.37. The van der Waals surface area contributed by atoms with Gasteiger partial charge in [-0.1, -0.05) is 17.7 Å². The van der Waals surface area contributed by atoms with Crippen LogP contribution >= 0.6 is 11.6 Å². The molecule has 1 atom stereocenters. The van der Waals surface area contributed by atoms with Gasteiger partial charge in [0.05, 0.1) is 11.6 Å². The molecule has 0 amide bonds. The third kappa shape index (κ3) is 2.50. The molecule has 1 aliphatic rings. The second-order valence-electron chi connectivity index (χ2n) is 3.91. The third-order valence-electron chi connectivity index (χ3n) is 2.82. The van der Waals surface area contributed by atoms with Crippen LogP contribution in [-0.4, -0.2) is 12.6 Å². The SMILES string of the molecule is N#Cc1cc(Cl)ccc1CC1CCCN1. The molecule has 0 saturated carbocycles. The molecule has 15 heavy (non-hydrogen) atoms. The maximum Gasteiger partial charge on any atom is 0.0995 e. The summed E-state index contributed by atoms with van der Waals surface area (Å²) >= 11 is 5.85. The molecule has 1 unspecified atom stereocenters. The van der Waals surface area contributed by atoms with E-state index in [4.69, 9.17) is 16.9 Å². The van der Waals surface area contributed by atoms with E-state index in [1.807, 2.05) is 12.1 Å². The van der Waals surface area contributed by atoms with Gasteiger partial charge in [0, 0.05) is 11.1 Å². The lowest BCUT2D eigenvalue weighted by Gasteiger charge is -2.11. The summed E-state index contributed by atoms with van der Waals surface area (Å²) in [4.78, 5) is 0. The zero-order valence-electron chi connectivity index (χ0n) is 8.46. The first-order valence-corrected chi connectivity index (χ1v) is 5.59. The van der Waals surface area contributed by atoms with E-state index in [0.717, 1.165) is 18.5 Å². The molecule has 1 aromatic carbocycles. The van der Waals surface area contributed by atoms with Crippen molar-refractivity contribution in [1.82, 2.24) is 5.32 Å². The van der Waals surface area contributed by atoms with Crippen LogP contribution in [0.1, 0.15) is 24.0 Å². The first-order chi connectivity index (χ1) is 7.29. The van der Waals surface area contributed by atoms with E-state index in [9.17, 15) is 0 Å². The van der Waals surface area contributed by atoms with E-state index in [2.05, 4.69) is 11.4 Å². The molecule has 0 spiro atoms. The molecule has 0 aromatic heterocycles. The summed E-state index contributed by atoms with van der Waals surface area (Å²) in [6.45, 7) is 1.10. The van der Waals surface area contributed by atoms with Crippen molar-refractivity contribution in [2.24, 2.45) is 0 Å². The number of nitrogens with zero attached hydrogens (tertiary/aromatic N) is 1. The molecule has 1 fully saturated rings. The van der Waals surface area contributed by atoms with Crippen molar-refractivity contribution in [3.05, 3.63) is 34.3 Å². The van der Waals surface area contributed by atoms with Gasteiger partial charge in [0.15, 0.2) is 0 Å². The van der Waals surface area contributed by atoms with Gasteiger partial charge in [-0.25, -0.2) is 0 Å². The van der Waals surface area contributed by atoms with Gasteiger partial charge in [-0.2, -0.15) is 5.26 Å². The Hall–Kier alpha value is -1.04. The van der Waals surface area contributed by atoms with E-state index < -0.39 is 0 Å². The normalized spacial score (nSPS) is 20.1. The predicted molar refractivity (Wildman–Crippen MR) is 60.9 cm³/mol. The van der Waals surface area contributed by atoms with Crippen molar-refractivity contribution in [3.63, 3.8) is 0 Å². The minimum absolute atomic E-state index is 0.526. The van der Waals surface area contributed by atoms with Gasteiger partial charge in [-0.05, 0) is 43.5 Å². The second kappa shape index (κ2) is 4.65. The zero-order valence-corrected chi connectivity index (χ0v) is 9.22. The predicted octanol–water partition coefficient (Wildman–Crippen LogP) is 2.51. The van der Waals surface area contributed by atoms with Crippen LogP contribution < -0.4 is 5.32 Å². The summed E-state index contributed by atoms with van der Waals surface area (Å²) < 4.78 is 0. The van der Waals surface area contributed by atoms with Gasteiger partial charge in [-0.3, -0.25) is 0 Å². The topological polar surface area (TPSA) is 35.8 Å². The smallest absolute Gasteiger partial charge is 0.0995 e. The molecule has 2 nitrogen and oxygen atoms in total. The number of nitrogens with one attached hydrogen (secondary N) is 1. The Balaban J connectivity index is 2.16. The fraction of sp³-hybridized carbons (Fsp3) is 0.417. The molecule has 1 saturated heterocycles. The van der Waals surface area contributed by atoms with E-state index in [1.165, 1.54) is 12.8 Å². The molecular weight excluding hydrogens is 208 g/mol. The van der Waals surface area contributed by atoms with Gasteiger partial charge in [0.1, 0.15) is 0 Å². The molecule has 0 aliphatic carbocycles.